The Hall–Kier alpha value is -1.51. The predicted molar refractivity (Wildman–Crippen MR) is 74.1 cm³/mol. The maximum Gasteiger partial charge on any atom is 0.263 e. The summed E-state index contributed by atoms with van der Waals surface area (Å²) in [5.41, 5.74) is 5.16. The monoisotopic (exact) mass is 318 g/mol. The van der Waals surface area contributed by atoms with E-state index in [1.54, 1.807) is 6.92 Å². The van der Waals surface area contributed by atoms with E-state index in [9.17, 15) is 17.2 Å². The van der Waals surface area contributed by atoms with E-state index in [4.69, 9.17) is 5.73 Å². The van der Waals surface area contributed by atoms with Gasteiger partial charge in [-0.05, 0) is 25.1 Å². The van der Waals surface area contributed by atoms with Crippen molar-refractivity contribution in [3.8, 4) is 0 Å². The molecule has 0 aliphatic heterocycles. The van der Waals surface area contributed by atoms with E-state index in [1.807, 2.05) is 0 Å². The van der Waals surface area contributed by atoms with Gasteiger partial charge < -0.3 is 5.73 Å². The number of sulfonamides is 1. The lowest BCUT2D eigenvalue weighted by Crippen LogP contribution is -2.14. The average Bonchev–Trinajstić information content (AvgIpc) is 2.75. The van der Waals surface area contributed by atoms with Gasteiger partial charge in [-0.3, -0.25) is 4.72 Å². The van der Waals surface area contributed by atoms with Crippen molar-refractivity contribution >= 4 is 27.0 Å². The third-order valence-electron chi connectivity index (χ3n) is 2.59. The Labute approximate surface area is 119 Å². The van der Waals surface area contributed by atoms with Crippen LogP contribution in [0.2, 0.25) is 0 Å². The number of aryl methyl sites for hydroxylation is 1. The first-order chi connectivity index (χ1) is 9.33. The van der Waals surface area contributed by atoms with E-state index in [2.05, 4.69) is 4.72 Å². The molecule has 0 radical (unpaired) electrons. The fourth-order valence-corrected chi connectivity index (χ4v) is 4.25. The van der Waals surface area contributed by atoms with Crippen LogP contribution in [-0.4, -0.2) is 8.42 Å². The summed E-state index contributed by atoms with van der Waals surface area (Å²) >= 11 is 1.26. The minimum Gasteiger partial charge on any atom is -0.326 e. The lowest BCUT2D eigenvalue weighted by Gasteiger charge is -2.08. The van der Waals surface area contributed by atoms with Gasteiger partial charge in [-0.25, -0.2) is 17.2 Å². The van der Waals surface area contributed by atoms with Crippen LogP contribution in [-0.2, 0) is 16.6 Å². The van der Waals surface area contributed by atoms with Crippen molar-refractivity contribution in [1.82, 2.24) is 0 Å². The molecule has 108 valence electrons. The lowest BCUT2D eigenvalue weighted by atomic mass is 10.3. The maximum atomic E-state index is 13.5. The highest BCUT2D eigenvalue weighted by Gasteiger charge is 2.21. The van der Waals surface area contributed by atoms with Crippen molar-refractivity contribution in [3.05, 3.63) is 45.7 Å². The van der Waals surface area contributed by atoms with Crippen molar-refractivity contribution in [1.29, 1.82) is 0 Å². The topological polar surface area (TPSA) is 72.2 Å². The zero-order valence-corrected chi connectivity index (χ0v) is 12.1. The normalized spacial score (nSPS) is 11.6. The lowest BCUT2D eigenvalue weighted by molar-refractivity contribution is 0.582. The zero-order valence-electron chi connectivity index (χ0n) is 10.5. The van der Waals surface area contributed by atoms with Gasteiger partial charge in [-0.2, -0.15) is 0 Å². The van der Waals surface area contributed by atoms with Crippen LogP contribution in [0.5, 0.6) is 0 Å². The smallest absolute Gasteiger partial charge is 0.263 e. The number of anilines is 1. The number of thiophene rings is 1. The molecule has 0 saturated heterocycles. The summed E-state index contributed by atoms with van der Waals surface area (Å²) in [5, 5.41) is 0. The Morgan fingerprint density at radius 3 is 2.55 bits per heavy atom. The fraction of sp³-hybridized carbons (Fsp3) is 0.167. The summed E-state index contributed by atoms with van der Waals surface area (Å²) in [5.74, 6) is -1.75. The van der Waals surface area contributed by atoms with Crippen LogP contribution in [0, 0.1) is 18.6 Å². The molecule has 3 N–H and O–H groups in total. The molecule has 2 rings (SSSR count). The van der Waals surface area contributed by atoms with Crippen LogP contribution in [0.15, 0.2) is 29.2 Å². The number of benzene rings is 1. The van der Waals surface area contributed by atoms with E-state index in [-0.39, 0.29) is 17.1 Å². The van der Waals surface area contributed by atoms with Crippen LogP contribution in [0.25, 0.3) is 0 Å². The molecule has 20 heavy (non-hydrogen) atoms. The zero-order chi connectivity index (χ0) is 14.9. The van der Waals surface area contributed by atoms with Gasteiger partial charge in [-0.15, -0.1) is 11.3 Å². The number of nitrogens with one attached hydrogen (secondary N) is 1. The first-order valence-electron chi connectivity index (χ1n) is 5.60. The van der Waals surface area contributed by atoms with Crippen molar-refractivity contribution in [2.24, 2.45) is 5.73 Å². The largest absolute Gasteiger partial charge is 0.326 e. The highest BCUT2D eigenvalue weighted by atomic mass is 32.2. The highest BCUT2D eigenvalue weighted by molar-refractivity contribution is 7.93. The molecule has 1 aromatic heterocycles. The van der Waals surface area contributed by atoms with E-state index < -0.39 is 21.7 Å². The first-order valence-corrected chi connectivity index (χ1v) is 7.90. The SMILES string of the molecule is Cc1sc(CN)cc1S(=O)(=O)Nc1ccc(F)cc1F. The number of nitrogens with two attached hydrogens (primary N) is 1. The molecule has 1 heterocycles. The maximum absolute atomic E-state index is 13.5. The minimum atomic E-state index is -3.93. The number of hydrogen-bond acceptors (Lipinski definition) is 4. The molecular formula is C12H12F2N2O2S2. The molecule has 0 spiro atoms. The van der Waals surface area contributed by atoms with Gasteiger partial charge in [0.2, 0.25) is 0 Å². The van der Waals surface area contributed by atoms with Crippen molar-refractivity contribution in [3.63, 3.8) is 0 Å². The van der Waals surface area contributed by atoms with Gasteiger partial charge >= 0.3 is 0 Å². The van der Waals surface area contributed by atoms with Crippen molar-refractivity contribution in [2.45, 2.75) is 18.4 Å². The summed E-state index contributed by atoms with van der Waals surface area (Å²) in [6, 6.07) is 4.08. The third kappa shape index (κ3) is 2.97. The summed E-state index contributed by atoms with van der Waals surface area (Å²) in [6.45, 7) is 1.87. The van der Waals surface area contributed by atoms with Gasteiger partial charge in [0.15, 0.2) is 0 Å². The standard InChI is InChI=1S/C12H12F2N2O2S2/c1-7-12(5-9(6-15)19-7)20(17,18)16-11-3-2-8(13)4-10(11)14/h2-5,16H,6,15H2,1H3. The van der Waals surface area contributed by atoms with Crippen LogP contribution in [0.3, 0.4) is 0 Å². The quantitative estimate of drug-likeness (QED) is 0.910. The second kappa shape index (κ2) is 5.47. The van der Waals surface area contributed by atoms with E-state index in [1.165, 1.54) is 17.4 Å². The fourth-order valence-electron chi connectivity index (χ4n) is 1.66. The van der Waals surface area contributed by atoms with E-state index in [0.29, 0.717) is 15.8 Å². The highest BCUT2D eigenvalue weighted by Crippen LogP contribution is 2.28. The number of halogens is 2. The van der Waals surface area contributed by atoms with Gasteiger partial charge in [0.25, 0.3) is 10.0 Å². The molecule has 0 amide bonds. The third-order valence-corrected chi connectivity index (χ3v) is 5.28. The summed E-state index contributed by atoms with van der Waals surface area (Å²) in [6.07, 6.45) is 0. The molecule has 0 aliphatic rings. The molecule has 0 bridgehead atoms. The van der Waals surface area contributed by atoms with Crippen LogP contribution < -0.4 is 10.5 Å². The molecule has 0 unspecified atom stereocenters. The predicted octanol–water partition coefficient (Wildman–Crippen LogP) is 2.59. The molecule has 8 heteroatoms. The number of hydrogen-bond donors (Lipinski definition) is 2. The Kier molecular flexibility index (Phi) is 4.07. The molecule has 2 aromatic rings. The second-order valence-corrected chi connectivity index (χ2v) is 7.06. The van der Waals surface area contributed by atoms with E-state index >= 15 is 0 Å². The Bertz CT molecular complexity index is 742. The van der Waals surface area contributed by atoms with Crippen molar-refractivity contribution < 1.29 is 17.2 Å². The summed E-state index contributed by atoms with van der Waals surface area (Å²) < 4.78 is 52.7. The number of rotatable bonds is 4. The second-order valence-electron chi connectivity index (χ2n) is 4.07. The van der Waals surface area contributed by atoms with E-state index in [0.717, 1.165) is 12.1 Å². The molecule has 0 aliphatic carbocycles. The molecule has 0 fully saturated rings. The minimum absolute atomic E-state index is 0.0478. The van der Waals surface area contributed by atoms with Gasteiger partial charge in [0, 0.05) is 22.4 Å². The Morgan fingerprint density at radius 2 is 2.00 bits per heavy atom. The van der Waals surface area contributed by atoms with Crippen LogP contribution >= 0.6 is 11.3 Å². The Balaban J connectivity index is 2.38. The average molecular weight is 318 g/mol. The molecule has 0 saturated carbocycles. The van der Waals surface area contributed by atoms with Crippen LogP contribution in [0.4, 0.5) is 14.5 Å². The molecule has 1 aromatic carbocycles. The summed E-state index contributed by atoms with van der Waals surface area (Å²) in [7, 11) is -3.93. The molecule has 4 nitrogen and oxygen atoms in total. The van der Waals surface area contributed by atoms with Gasteiger partial charge in [-0.1, -0.05) is 0 Å². The van der Waals surface area contributed by atoms with Crippen LogP contribution in [0.1, 0.15) is 9.75 Å². The Morgan fingerprint density at radius 1 is 1.30 bits per heavy atom. The van der Waals surface area contributed by atoms with Gasteiger partial charge in [0.05, 0.1) is 5.69 Å². The first kappa shape index (κ1) is 14.9. The molecular weight excluding hydrogens is 306 g/mol. The van der Waals surface area contributed by atoms with Crippen molar-refractivity contribution in [2.75, 3.05) is 4.72 Å². The summed E-state index contributed by atoms with van der Waals surface area (Å²) in [4.78, 5) is 1.31. The van der Waals surface area contributed by atoms with Gasteiger partial charge in [0.1, 0.15) is 16.5 Å². The molecule has 0 atom stereocenters.